The number of methoxy groups -OCH3 is 1. The van der Waals surface area contributed by atoms with Crippen molar-refractivity contribution in [2.45, 2.75) is 6.10 Å². The highest BCUT2D eigenvalue weighted by molar-refractivity contribution is 6.36. The number of ether oxygens (including phenoxy) is 1. The third-order valence-electron chi connectivity index (χ3n) is 3.13. The molecule has 2 rings (SSSR count). The number of aliphatic hydroxyl groups is 1. The summed E-state index contributed by atoms with van der Waals surface area (Å²) in [6.45, 7) is 0.0252. The van der Waals surface area contributed by atoms with Crippen LogP contribution in [0.5, 0.6) is 5.75 Å². The summed E-state index contributed by atoms with van der Waals surface area (Å²) in [5.41, 5.74) is 1.03. The van der Waals surface area contributed by atoms with Gasteiger partial charge in [-0.25, -0.2) is 4.79 Å². The number of halogens is 2. The molecule has 3 N–H and O–H groups in total. The molecule has 2 aromatic rings. The molecule has 0 saturated heterocycles. The van der Waals surface area contributed by atoms with Crippen molar-refractivity contribution in [1.82, 2.24) is 5.32 Å². The number of rotatable bonds is 5. The molecule has 0 saturated carbocycles. The van der Waals surface area contributed by atoms with Crippen LogP contribution in [0.1, 0.15) is 11.7 Å². The first kappa shape index (κ1) is 17.4. The Labute approximate surface area is 144 Å². The van der Waals surface area contributed by atoms with Gasteiger partial charge in [-0.3, -0.25) is 0 Å². The molecule has 0 aromatic heterocycles. The van der Waals surface area contributed by atoms with Gasteiger partial charge in [0, 0.05) is 17.1 Å². The van der Waals surface area contributed by atoms with Crippen molar-refractivity contribution >= 4 is 34.9 Å². The van der Waals surface area contributed by atoms with E-state index in [1.54, 1.807) is 36.4 Å². The van der Waals surface area contributed by atoms with Crippen molar-refractivity contribution in [3.8, 4) is 5.75 Å². The lowest BCUT2D eigenvalue weighted by Gasteiger charge is -2.16. The number of para-hydroxylation sites is 1. The second-order valence-electron chi connectivity index (χ2n) is 4.72. The SMILES string of the molecule is COc1ccccc1[C@@H](O)CNC(=O)Nc1ccc(Cl)cc1Cl. The van der Waals surface area contributed by atoms with Crippen LogP contribution < -0.4 is 15.4 Å². The Balaban J connectivity index is 1.93. The maximum atomic E-state index is 11.9. The molecule has 122 valence electrons. The van der Waals surface area contributed by atoms with Crippen LogP contribution in [0.2, 0.25) is 10.0 Å². The molecule has 0 spiro atoms. The van der Waals surface area contributed by atoms with E-state index in [1.165, 1.54) is 13.2 Å². The molecular weight excluding hydrogens is 339 g/mol. The van der Waals surface area contributed by atoms with Gasteiger partial charge >= 0.3 is 6.03 Å². The smallest absolute Gasteiger partial charge is 0.319 e. The van der Waals surface area contributed by atoms with Gasteiger partial charge in [-0.2, -0.15) is 0 Å². The zero-order valence-corrected chi connectivity index (χ0v) is 13.9. The molecule has 7 heteroatoms. The van der Waals surface area contributed by atoms with Crippen molar-refractivity contribution in [1.29, 1.82) is 0 Å². The normalized spacial score (nSPS) is 11.7. The fraction of sp³-hybridized carbons (Fsp3) is 0.188. The maximum absolute atomic E-state index is 11.9. The van der Waals surface area contributed by atoms with Crippen molar-refractivity contribution < 1.29 is 14.6 Å². The minimum Gasteiger partial charge on any atom is -0.496 e. The van der Waals surface area contributed by atoms with Crippen molar-refractivity contribution in [2.75, 3.05) is 19.0 Å². The highest BCUT2D eigenvalue weighted by Crippen LogP contribution is 2.26. The number of benzene rings is 2. The molecule has 2 aromatic carbocycles. The summed E-state index contributed by atoms with van der Waals surface area (Å²) >= 11 is 11.8. The predicted molar refractivity (Wildman–Crippen MR) is 91.4 cm³/mol. The second-order valence-corrected chi connectivity index (χ2v) is 5.56. The van der Waals surface area contributed by atoms with Gasteiger partial charge in [-0.15, -0.1) is 0 Å². The quantitative estimate of drug-likeness (QED) is 0.763. The largest absolute Gasteiger partial charge is 0.496 e. The number of hydrogen-bond donors (Lipinski definition) is 3. The Hall–Kier alpha value is -1.95. The lowest BCUT2D eigenvalue weighted by Crippen LogP contribution is -2.32. The van der Waals surface area contributed by atoms with Crippen molar-refractivity contribution in [3.05, 3.63) is 58.1 Å². The number of anilines is 1. The van der Waals surface area contributed by atoms with E-state index in [0.29, 0.717) is 27.0 Å². The lowest BCUT2D eigenvalue weighted by atomic mass is 10.1. The highest BCUT2D eigenvalue weighted by atomic mass is 35.5. The van der Waals surface area contributed by atoms with E-state index in [4.69, 9.17) is 27.9 Å². The predicted octanol–water partition coefficient (Wildman–Crippen LogP) is 3.86. The van der Waals surface area contributed by atoms with Gasteiger partial charge in [-0.1, -0.05) is 41.4 Å². The zero-order valence-electron chi connectivity index (χ0n) is 12.3. The van der Waals surface area contributed by atoms with Crippen LogP contribution >= 0.6 is 23.2 Å². The Kier molecular flexibility index (Phi) is 6.10. The number of amides is 2. The number of carbonyl (C=O) groups is 1. The van der Waals surface area contributed by atoms with Crippen LogP contribution in [0.3, 0.4) is 0 Å². The monoisotopic (exact) mass is 354 g/mol. The molecule has 5 nitrogen and oxygen atoms in total. The van der Waals surface area contributed by atoms with Gasteiger partial charge in [0.1, 0.15) is 5.75 Å². The average molecular weight is 355 g/mol. The Bertz CT molecular complexity index is 695. The topological polar surface area (TPSA) is 70.6 Å². The number of urea groups is 1. The van der Waals surface area contributed by atoms with Gasteiger partial charge in [0.15, 0.2) is 0 Å². The van der Waals surface area contributed by atoms with Crippen LogP contribution in [0, 0.1) is 0 Å². The molecular formula is C16H16Cl2N2O3. The number of nitrogens with one attached hydrogen (secondary N) is 2. The maximum Gasteiger partial charge on any atom is 0.319 e. The summed E-state index contributed by atoms with van der Waals surface area (Å²) < 4.78 is 5.18. The molecule has 0 aliphatic heterocycles. The van der Waals surface area contributed by atoms with E-state index in [1.807, 2.05) is 0 Å². The third kappa shape index (κ3) is 4.76. The Morgan fingerprint density at radius 2 is 2.00 bits per heavy atom. The van der Waals surface area contributed by atoms with Crippen LogP contribution in [0.15, 0.2) is 42.5 Å². The van der Waals surface area contributed by atoms with Gasteiger partial charge in [0.2, 0.25) is 0 Å². The number of carbonyl (C=O) groups excluding carboxylic acids is 1. The summed E-state index contributed by atoms with van der Waals surface area (Å²) in [6.07, 6.45) is -0.891. The first-order valence-corrected chi connectivity index (χ1v) is 7.57. The van der Waals surface area contributed by atoms with Gasteiger partial charge in [-0.05, 0) is 24.3 Å². The van der Waals surface area contributed by atoms with E-state index in [2.05, 4.69) is 10.6 Å². The lowest BCUT2D eigenvalue weighted by molar-refractivity contribution is 0.171. The highest BCUT2D eigenvalue weighted by Gasteiger charge is 2.14. The second kappa shape index (κ2) is 8.06. The van der Waals surface area contributed by atoms with E-state index >= 15 is 0 Å². The molecule has 2 amide bonds. The van der Waals surface area contributed by atoms with E-state index in [0.717, 1.165) is 0 Å². The van der Waals surface area contributed by atoms with E-state index < -0.39 is 12.1 Å². The Morgan fingerprint density at radius 3 is 2.70 bits per heavy atom. The summed E-state index contributed by atoms with van der Waals surface area (Å²) in [7, 11) is 1.52. The summed E-state index contributed by atoms with van der Waals surface area (Å²) in [5.74, 6) is 0.558. The van der Waals surface area contributed by atoms with Crippen LogP contribution in [0.25, 0.3) is 0 Å². The van der Waals surface area contributed by atoms with Crippen LogP contribution in [0.4, 0.5) is 10.5 Å². The van der Waals surface area contributed by atoms with Gasteiger partial charge in [0.05, 0.1) is 23.9 Å². The molecule has 1 atom stereocenters. The first-order valence-electron chi connectivity index (χ1n) is 6.82. The summed E-state index contributed by atoms with van der Waals surface area (Å²) in [6, 6.07) is 11.3. The van der Waals surface area contributed by atoms with E-state index in [-0.39, 0.29) is 6.54 Å². The molecule has 0 fully saturated rings. The standard InChI is InChI=1S/C16H16Cl2N2O3/c1-23-15-5-3-2-4-11(15)14(21)9-19-16(22)20-13-7-6-10(17)8-12(13)18/h2-8,14,21H,9H2,1H3,(H2,19,20,22)/t14-/m0/s1. The van der Waals surface area contributed by atoms with Gasteiger partial charge < -0.3 is 20.5 Å². The molecule has 0 aliphatic carbocycles. The number of aliphatic hydroxyl groups excluding tert-OH is 1. The Morgan fingerprint density at radius 1 is 1.26 bits per heavy atom. The molecule has 0 bridgehead atoms. The molecule has 23 heavy (non-hydrogen) atoms. The first-order chi connectivity index (χ1) is 11.0. The summed E-state index contributed by atoms with van der Waals surface area (Å²) in [5, 5.41) is 16.1. The fourth-order valence-corrected chi connectivity index (χ4v) is 2.45. The minimum absolute atomic E-state index is 0.0252. The van der Waals surface area contributed by atoms with Crippen LogP contribution in [-0.2, 0) is 0 Å². The summed E-state index contributed by atoms with van der Waals surface area (Å²) in [4.78, 5) is 11.9. The molecule has 0 radical (unpaired) electrons. The third-order valence-corrected chi connectivity index (χ3v) is 3.68. The molecule has 0 aliphatic rings. The van der Waals surface area contributed by atoms with Gasteiger partial charge in [0.25, 0.3) is 0 Å². The van der Waals surface area contributed by atoms with Crippen molar-refractivity contribution in [3.63, 3.8) is 0 Å². The zero-order chi connectivity index (χ0) is 16.8. The van der Waals surface area contributed by atoms with Crippen molar-refractivity contribution in [2.24, 2.45) is 0 Å². The van der Waals surface area contributed by atoms with E-state index in [9.17, 15) is 9.90 Å². The van der Waals surface area contributed by atoms with Crippen LogP contribution in [-0.4, -0.2) is 24.8 Å². The number of hydrogen-bond acceptors (Lipinski definition) is 3. The fourth-order valence-electron chi connectivity index (χ4n) is 2.00. The molecule has 0 unspecified atom stereocenters. The average Bonchev–Trinajstić information content (AvgIpc) is 2.55. The minimum atomic E-state index is -0.891. The molecule has 0 heterocycles.